The second kappa shape index (κ2) is 7.23. The number of carbonyl (C=O) groups excluding carboxylic acids is 1. The molecule has 0 spiro atoms. The van der Waals surface area contributed by atoms with E-state index in [4.69, 9.17) is 10.00 Å². The SMILES string of the molecule is CCOC(=O)Cc1ccc(OC(F)F)c(I)c1C#N. The molecule has 7 heteroatoms. The van der Waals surface area contributed by atoms with Crippen LogP contribution in [0.5, 0.6) is 5.75 Å². The van der Waals surface area contributed by atoms with Crippen LogP contribution in [0.25, 0.3) is 0 Å². The normalized spacial score (nSPS) is 10.1. The van der Waals surface area contributed by atoms with Crippen LogP contribution < -0.4 is 4.74 Å². The number of hydrogen-bond donors (Lipinski definition) is 0. The lowest BCUT2D eigenvalue weighted by molar-refractivity contribution is -0.142. The van der Waals surface area contributed by atoms with E-state index < -0.39 is 12.6 Å². The smallest absolute Gasteiger partial charge is 0.387 e. The summed E-state index contributed by atoms with van der Waals surface area (Å²) < 4.78 is 33.6. The summed E-state index contributed by atoms with van der Waals surface area (Å²) in [5.74, 6) is -0.558. The van der Waals surface area contributed by atoms with Crippen LogP contribution in [0.1, 0.15) is 18.1 Å². The molecule has 0 aliphatic heterocycles. The average molecular weight is 381 g/mol. The molecule has 0 unspecified atom stereocenters. The number of nitriles is 1. The van der Waals surface area contributed by atoms with Crippen LogP contribution in [0.15, 0.2) is 12.1 Å². The molecule has 0 heterocycles. The van der Waals surface area contributed by atoms with E-state index in [2.05, 4.69) is 4.74 Å². The Morgan fingerprint density at radius 1 is 1.53 bits per heavy atom. The molecule has 1 aromatic rings. The number of ether oxygens (including phenoxy) is 2. The van der Waals surface area contributed by atoms with E-state index in [0.717, 1.165) is 0 Å². The van der Waals surface area contributed by atoms with Gasteiger partial charge in [0, 0.05) is 0 Å². The third-order valence-corrected chi connectivity index (χ3v) is 3.23. The minimum absolute atomic E-state index is 0.0817. The summed E-state index contributed by atoms with van der Waals surface area (Å²) in [6.45, 7) is -1.05. The van der Waals surface area contributed by atoms with Gasteiger partial charge in [0.2, 0.25) is 0 Å². The molecule has 0 radical (unpaired) electrons. The van der Waals surface area contributed by atoms with Crippen molar-refractivity contribution in [2.45, 2.75) is 20.0 Å². The number of nitrogens with zero attached hydrogens (tertiary/aromatic N) is 1. The summed E-state index contributed by atoms with van der Waals surface area (Å²) >= 11 is 1.74. The molecule has 0 aliphatic rings. The molecule has 0 saturated carbocycles. The molecule has 1 rings (SSSR count). The summed E-state index contributed by atoms with van der Waals surface area (Å²) in [5, 5.41) is 9.05. The Kier molecular flexibility index (Phi) is 5.95. The molecule has 0 aliphatic carbocycles. The van der Waals surface area contributed by atoms with Gasteiger partial charge in [-0.1, -0.05) is 6.07 Å². The van der Waals surface area contributed by atoms with Crippen LogP contribution >= 0.6 is 22.6 Å². The van der Waals surface area contributed by atoms with Crippen LogP contribution in [-0.4, -0.2) is 19.2 Å². The molecule has 4 nitrogen and oxygen atoms in total. The first-order valence-corrected chi connectivity index (χ1v) is 6.39. The maximum Gasteiger partial charge on any atom is 0.387 e. The monoisotopic (exact) mass is 381 g/mol. The van der Waals surface area contributed by atoms with E-state index in [1.165, 1.54) is 12.1 Å². The van der Waals surface area contributed by atoms with Crippen LogP contribution in [0, 0.1) is 14.9 Å². The number of rotatable bonds is 5. The van der Waals surface area contributed by atoms with E-state index in [1.807, 2.05) is 6.07 Å². The van der Waals surface area contributed by atoms with Gasteiger partial charge in [-0.2, -0.15) is 14.0 Å². The largest absolute Gasteiger partial charge is 0.466 e. The lowest BCUT2D eigenvalue weighted by Crippen LogP contribution is -2.10. The molecule has 0 saturated heterocycles. The molecule has 0 bridgehead atoms. The predicted molar refractivity (Wildman–Crippen MR) is 70.8 cm³/mol. The van der Waals surface area contributed by atoms with Crippen molar-refractivity contribution in [1.82, 2.24) is 0 Å². The maximum absolute atomic E-state index is 12.2. The molecular formula is C12H10F2INO3. The number of esters is 1. The summed E-state index contributed by atoms with van der Waals surface area (Å²) in [7, 11) is 0. The lowest BCUT2D eigenvalue weighted by atomic mass is 10.1. The third-order valence-electron chi connectivity index (χ3n) is 2.16. The molecule has 0 N–H and O–H groups in total. The summed E-state index contributed by atoms with van der Waals surface area (Å²) in [5.41, 5.74) is 0.568. The number of alkyl halides is 2. The van der Waals surface area contributed by atoms with Crippen molar-refractivity contribution in [2.24, 2.45) is 0 Å². The summed E-state index contributed by atoms with van der Waals surface area (Å²) in [6.07, 6.45) is -0.0817. The highest BCUT2D eigenvalue weighted by Crippen LogP contribution is 2.28. The second-order valence-corrected chi connectivity index (χ2v) is 4.46. The van der Waals surface area contributed by atoms with E-state index >= 15 is 0 Å². The van der Waals surface area contributed by atoms with Crippen molar-refractivity contribution in [3.8, 4) is 11.8 Å². The first kappa shape index (κ1) is 15.6. The number of halogens is 3. The highest BCUT2D eigenvalue weighted by Gasteiger charge is 2.17. The van der Waals surface area contributed by atoms with Gasteiger partial charge in [-0.15, -0.1) is 0 Å². The topological polar surface area (TPSA) is 59.3 Å². The fourth-order valence-corrected chi connectivity index (χ4v) is 2.19. The Morgan fingerprint density at radius 2 is 2.21 bits per heavy atom. The second-order valence-electron chi connectivity index (χ2n) is 3.38. The van der Waals surface area contributed by atoms with Gasteiger partial charge in [-0.3, -0.25) is 4.79 Å². The van der Waals surface area contributed by atoms with Crippen molar-refractivity contribution >= 4 is 28.6 Å². The highest BCUT2D eigenvalue weighted by atomic mass is 127. The number of hydrogen-bond acceptors (Lipinski definition) is 4. The Morgan fingerprint density at radius 3 is 2.74 bits per heavy atom. The Hall–Kier alpha value is -1.43. The van der Waals surface area contributed by atoms with Crippen molar-refractivity contribution in [2.75, 3.05) is 6.61 Å². The van der Waals surface area contributed by atoms with Crippen molar-refractivity contribution in [1.29, 1.82) is 5.26 Å². The zero-order chi connectivity index (χ0) is 14.4. The summed E-state index contributed by atoms with van der Waals surface area (Å²) in [4.78, 5) is 11.4. The van der Waals surface area contributed by atoms with Gasteiger partial charge in [0.15, 0.2) is 0 Å². The lowest BCUT2D eigenvalue weighted by Gasteiger charge is -2.11. The molecular weight excluding hydrogens is 371 g/mol. The van der Waals surface area contributed by atoms with E-state index in [-0.39, 0.29) is 27.9 Å². The first-order chi connectivity index (χ1) is 8.99. The van der Waals surface area contributed by atoms with Gasteiger partial charge in [-0.25, -0.2) is 0 Å². The van der Waals surface area contributed by atoms with Gasteiger partial charge in [0.1, 0.15) is 11.8 Å². The van der Waals surface area contributed by atoms with Crippen LogP contribution in [0.2, 0.25) is 0 Å². The van der Waals surface area contributed by atoms with Crippen LogP contribution in [0.4, 0.5) is 8.78 Å². The van der Waals surface area contributed by atoms with E-state index in [0.29, 0.717) is 5.56 Å². The van der Waals surface area contributed by atoms with Gasteiger partial charge in [0.05, 0.1) is 22.2 Å². The minimum atomic E-state index is -2.96. The fourth-order valence-electron chi connectivity index (χ4n) is 1.42. The molecule has 1 aromatic carbocycles. The Labute approximate surface area is 122 Å². The zero-order valence-corrected chi connectivity index (χ0v) is 12.1. The van der Waals surface area contributed by atoms with Crippen molar-refractivity contribution in [3.63, 3.8) is 0 Å². The third kappa shape index (κ3) is 4.31. The average Bonchev–Trinajstić information content (AvgIpc) is 2.33. The van der Waals surface area contributed by atoms with Crippen LogP contribution in [-0.2, 0) is 16.0 Å². The van der Waals surface area contributed by atoms with Crippen molar-refractivity contribution in [3.05, 3.63) is 26.8 Å². The minimum Gasteiger partial charge on any atom is -0.466 e. The summed E-state index contributed by atoms with van der Waals surface area (Å²) in [6, 6.07) is 4.61. The van der Waals surface area contributed by atoms with Crippen molar-refractivity contribution < 1.29 is 23.0 Å². The first-order valence-electron chi connectivity index (χ1n) is 5.31. The zero-order valence-electron chi connectivity index (χ0n) is 9.95. The van der Waals surface area contributed by atoms with Gasteiger partial charge >= 0.3 is 12.6 Å². The standard InChI is InChI=1S/C12H10F2INO3/c1-2-18-10(17)5-7-3-4-9(19-12(13)14)11(15)8(7)6-16/h3-4,12H,2,5H2,1H3. The quantitative estimate of drug-likeness (QED) is 0.582. The fraction of sp³-hybridized carbons (Fsp3) is 0.333. The Balaban J connectivity index is 3.05. The molecule has 0 fully saturated rings. The number of carbonyl (C=O) groups is 1. The molecule has 19 heavy (non-hydrogen) atoms. The van der Waals surface area contributed by atoms with Gasteiger partial charge in [-0.05, 0) is 41.1 Å². The molecule has 0 amide bonds. The van der Waals surface area contributed by atoms with Crippen LogP contribution in [0.3, 0.4) is 0 Å². The highest BCUT2D eigenvalue weighted by molar-refractivity contribution is 14.1. The van der Waals surface area contributed by atoms with E-state index in [1.54, 1.807) is 29.5 Å². The maximum atomic E-state index is 12.2. The molecule has 0 aromatic heterocycles. The number of benzene rings is 1. The van der Waals surface area contributed by atoms with Gasteiger partial charge in [0.25, 0.3) is 0 Å². The molecule has 0 atom stereocenters. The van der Waals surface area contributed by atoms with Gasteiger partial charge < -0.3 is 9.47 Å². The van der Waals surface area contributed by atoms with E-state index in [9.17, 15) is 13.6 Å². The molecule has 102 valence electrons. The predicted octanol–water partition coefficient (Wildman–Crippen LogP) is 2.87. The Bertz CT molecular complexity index is 514.